The van der Waals surface area contributed by atoms with Crippen molar-refractivity contribution in [2.45, 2.75) is 102 Å². The van der Waals surface area contributed by atoms with Gasteiger partial charge in [0, 0.05) is 26.2 Å². The van der Waals surface area contributed by atoms with E-state index in [0.29, 0.717) is 18.6 Å². The first-order chi connectivity index (χ1) is 13.1. The van der Waals surface area contributed by atoms with E-state index in [1.165, 1.54) is 0 Å². The van der Waals surface area contributed by atoms with Crippen molar-refractivity contribution in [1.29, 1.82) is 0 Å². The van der Waals surface area contributed by atoms with Gasteiger partial charge in [-0.25, -0.2) is 4.67 Å². The zero-order valence-electron chi connectivity index (χ0n) is 20.0. The molecule has 7 nitrogen and oxygen atoms in total. The second-order valence-electron chi connectivity index (χ2n) is 10.2. The van der Waals surface area contributed by atoms with Gasteiger partial charge in [-0.3, -0.25) is 4.90 Å². The van der Waals surface area contributed by atoms with Gasteiger partial charge in [-0.05, 0) is 55.6 Å². The molecule has 0 spiro atoms. The molecule has 0 aromatic heterocycles. The molecule has 0 saturated carbocycles. The molecule has 3 rings (SSSR count). The lowest BCUT2D eigenvalue weighted by atomic mass is 9.84. The molecule has 0 aromatic rings. The number of hydrogen-bond donors (Lipinski definition) is 1. The fourth-order valence-corrected chi connectivity index (χ4v) is 6.71. The van der Waals surface area contributed by atoms with Gasteiger partial charge in [-0.2, -0.15) is 0 Å². The summed E-state index contributed by atoms with van der Waals surface area (Å²) in [4.78, 5) is 2.25. The van der Waals surface area contributed by atoms with Crippen LogP contribution in [0.2, 0.25) is 0 Å². The molecule has 29 heavy (non-hydrogen) atoms. The minimum absolute atomic E-state index is 0.00579. The maximum atomic E-state index is 12.1. The molecular weight excluding hydrogens is 391 g/mol. The van der Waals surface area contributed by atoms with Crippen LogP contribution in [0.5, 0.6) is 0 Å². The minimum Gasteiger partial charge on any atom is -0.388 e. The lowest BCUT2D eigenvalue weighted by Crippen LogP contribution is -2.60. The van der Waals surface area contributed by atoms with Crippen molar-refractivity contribution in [2.24, 2.45) is 0 Å². The van der Waals surface area contributed by atoms with Crippen molar-refractivity contribution in [3.8, 4) is 0 Å². The van der Waals surface area contributed by atoms with Gasteiger partial charge in [0.2, 0.25) is 0 Å². The SMILES string of the molecule is CC1CC(C)(O)C(N(C)P(C)(C)=O)C(C)O1.CC1CC2(C)OCN(C)C2C(C)O1. The van der Waals surface area contributed by atoms with Crippen molar-refractivity contribution < 1.29 is 23.9 Å². The summed E-state index contributed by atoms with van der Waals surface area (Å²) in [6.45, 7) is 16.3. The van der Waals surface area contributed by atoms with Crippen molar-refractivity contribution in [1.82, 2.24) is 9.57 Å². The molecule has 8 atom stereocenters. The fraction of sp³-hybridized carbons (Fsp3) is 1.00. The Balaban J connectivity index is 0.000000211. The van der Waals surface area contributed by atoms with Crippen molar-refractivity contribution in [3.05, 3.63) is 0 Å². The number of nitrogens with zero attached hydrogens (tertiary/aromatic N) is 2. The van der Waals surface area contributed by atoms with Crippen LogP contribution >= 0.6 is 7.29 Å². The van der Waals surface area contributed by atoms with Crippen LogP contribution in [0.4, 0.5) is 0 Å². The predicted octanol–water partition coefficient (Wildman–Crippen LogP) is 3.00. The summed E-state index contributed by atoms with van der Waals surface area (Å²) in [5.41, 5.74) is -0.848. The molecule has 3 fully saturated rings. The van der Waals surface area contributed by atoms with E-state index < -0.39 is 12.9 Å². The van der Waals surface area contributed by atoms with Gasteiger partial charge in [0.25, 0.3) is 0 Å². The predicted molar refractivity (Wildman–Crippen MR) is 117 cm³/mol. The quantitative estimate of drug-likeness (QED) is 0.670. The van der Waals surface area contributed by atoms with E-state index in [2.05, 4.69) is 32.7 Å². The van der Waals surface area contributed by atoms with Gasteiger partial charge < -0.3 is 23.9 Å². The lowest BCUT2D eigenvalue weighted by molar-refractivity contribution is -0.161. The second-order valence-corrected chi connectivity index (χ2v) is 13.4. The van der Waals surface area contributed by atoms with Crippen LogP contribution in [0, 0.1) is 0 Å². The highest BCUT2D eigenvalue weighted by Crippen LogP contribution is 2.46. The molecule has 0 radical (unpaired) electrons. The first-order valence-corrected chi connectivity index (χ1v) is 13.3. The summed E-state index contributed by atoms with van der Waals surface area (Å²) < 4.78 is 31.3. The Hall–Kier alpha value is -0.0100. The number of fused-ring (bicyclic) bond motifs is 1. The van der Waals surface area contributed by atoms with Gasteiger partial charge in [-0.15, -0.1) is 0 Å². The maximum absolute atomic E-state index is 12.1. The van der Waals surface area contributed by atoms with Crippen LogP contribution in [-0.2, 0) is 18.8 Å². The summed E-state index contributed by atoms with van der Waals surface area (Å²) in [6, 6.07) is 0.202. The molecule has 1 N–H and O–H groups in total. The van der Waals surface area contributed by atoms with Crippen molar-refractivity contribution >= 4 is 7.29 Å². The number of ether oxygens (including phenoxy) is 3. The number of rotatable bonds is 2. The zero-order valence-corrected chi connectivity index (χ0v) is 20.9. The van der Waals surface area contributed by atoms with E-state index in [0.717, 1.165) is 13.2 Å². The summed E-state index contributed by atoms with van der Waals surface area (Å²) in [5, 5.41) is 10.5. The lowest BCUT2D eigenvalue weighted by Gasteiger charge is -2.48. The van der Waals surface area contributed by atoms with E-state index in [1.807, 2.05) is 13.8 Å². The Morgan fingerprint density at radius 2 is 1.55 bits per heavy atom. The average Bonchev–Trinajstić information content (AvgIpc) is 2.79. The molecule has 0 aliphatic carbocycles. The minimum atomic E-state index is -2.37. The molecule has 172 valence electrons. The van der Waals surface area contributed by atoms with Crippen LogP contribution in [-0.4, -0.2) is 96.5 Å². The van der Waals surface area contributed by atoms with Crippen molar-refractivity contribution in [3.63, 3.8) is 0 Å². The Bertz CT molecular complexity index is 612. The summed E-state index contributed by atoms with van der Waals surface area (Å²) >= 11 is 0. The first-order valence-electron chi connectivity index (χ1n) is 10.7. The third kappa shape index (κ3) is 5.62. The molecule has 0 aromatic carbocycles. The largest absolute Gasteiger partial charge is 0.388 e. The second kappa shape index (κ2) is 8.85. The van der Waals surface area contributed by atoms with Gasteiger partial charge in [0.15, 0.2) is 0 Å². The van der Waals surface area contributed by atoms with E-state index in [4.69, 9.17) is 14.2 Å². The highest BCUT2D eigenvalue weighted by molar-refractivity contribution is 7.59. The Labute approximate surface area is 177 Å². The van der Waals surface area contributed by atoms with E-state index >= 15 is 0 Å². The van der Waals surface area contributed by atoms with Gasteiger partial charge in [0.05, 0.1) is 54.4 Å². The molecule has 8 unspecified atom stereocenters. The van der Waals surface area contributed by atoms with E-state index in [1.54, 1.807) is 32.0 Å². The Kier molecular flexibility index (Phi) is 7.71. The van der Waals surface area contributed by atoms with Crippen LogP contribution in [0.15, 0.2) is 0 Å². The topological polar surface area (TPSA) is 71.5 Å². The fourth-order valence-electron chi connectivity index (χ4n) is 5.68. The van der Waals surface area contributed by atoms with E-state index in [-0.39, 0.29) is 30.0 Å². The smallest absolute Gasteiger partial charge is 0.144 e. The van der Waals surface area contributed by atoms with Gasteiger partial charge in [0.1, 0.15) is 7.29 Å². The molecular formula is C21H43N2O5P. The van der Waals surface area contributed by atoms with Crippen molar-refractivity contribution in [2.75, 3.05) is 34.2 Å². The Morgan fingerprint density at radius 3 is 2.07 bits per heavy atom. The van der Waals surface area contributed by atoms with Crippen LogP contribution in [0.3, 0.4) is 0 Å². The van der Waals surface area contributed by atoms with E-state index in [9.17, 15) is 9.67 Å². The van der Waals surface area contributed by atoms with Crippen LogP contribution in [0.25, 0.3) is 0 Å². The highest BCUT2D eigenvalue weighted by Gasteiger charge is 2.51. The van der Waals surface area contributed by atoms with Crippen LogP contribution < -0.4 is 0 Å². The van der Waals surface area contributed by atoms with Gasteiger partial charge in [-0.1, -0.05) is 0 Å². The highest BCUT2D eigenvalue weighted by atomic mass is 31.2. The molecule has 0 amide bonds. The summed E-state index contributed by atoms with van der Waals surface area (Å²) in [7, 11) is 1.54. The zero-order chi connectivity index (χ0) is 22.4. The monoisotopic (exact) mass is 434 g/mol. The number of likely N-dealkylation sites (N-methyl/N-ethyl adjacent to an activating group) is 2. The first kappa shape index (κ1) is 25.3. The third-order valence-electron chi connectivity index (χ3n) is 6.67. The third-order valence-corrected chi connectivity index (χ3v) is 8.44. The summed E-state index contributed by atoms with van der Waals surface area (Å²) in [6.07, 6.45) is 2.11. The van der Waals surface area contributed by atoms with Crippen LogP contribution in [0.1, 0.15) is 54.4 Å². The standard InChI is InChI=1S/C11H24NO3P.C10H19NO2/c1-8-7-11(3,13)10(9(2)15-8)12(4)16(5,6)14;1-7-5-10(3)9(8(2)13-7)11(4)6-12-10/h8-10,13H,7H2,1-6H3;7-9H,5-6H2,1-4H3. The Morgan fingerprint density at radius 1 is 1.03 bits per heavy atom. The maximum Gasteiger partial charge on any atom is 0.144 e. The normalized spacial score (nSPS) is 46.2. The number of aliphatic hydroxyl groups is 1. The number of hydrogen-bond acceptors (Lipinski definition) is 6. The molecule has 3 heterocycles. The molecule has 3 saturated heterocycles. The molecule has 3 aliphatic rings. The average molecular weight is 435 g/mol. The van der Waals surface area contributed by atoms with Gasteiger partial charge >= 0.3 is 0 Å². The molecule has 8 heteroatoms. The molecule has 3 aliphatic heterocycles. The molecule has 0 bridgehead atoms. The summed E-state index contributed by atoms with van der Waals surface area (Å²) in [5.74, 6) is 0.